The molecule has 1 saturated heterocycles. The topological polar surface area (TPSA) is 81.9 Å². The lowest BCUT2D eigenvalue weighted by atomic mass is 9.73. The zero-order chi connectivity index (χ0) is 24.8. The average Bonchev–Trinajstić information content (AvgIpc) is 3.25. The van der Waals surface area contributed by atoms with Crippen molar-refractivity contribution in [2.75, 3.05) is 26.3 Å². The van der Waals surface area contributed by atoms with E-state index >= 15 is 0 Å². The van der Waals surface area contributed by atoms with Gasteiger partial charge in [0.25, 0.3) is 0 Å². The van der Waals surface area contributed by atoms with Crippen molar-refractivity contribution in [3.05, 3.63) is 76.1 Å². The Hall–Kier alpha value is -3.13. The Bertz CT molecular complexity index is 1170. The van der Waals surface area contributed by atoms with Crippen molar-refractivity contribution in [1.82, 2.24) is 9.88 Å². The molecule has 0 N–H and O–H groups in total. The van der Waals surface area contributed by atoms with E-state index in [1.807, 2.05) is 61.5 Å². The van der Waals surface area contributed by atoms with Gasteiger partial charge in [0.2, 0.25) is 5.89 Å². The molecule has 2 heterocycles. The largest absolute Gasteiger partial charge is 0.465 e. The molecule has 0 spiro atoms. The minimum Gasteiger partial charge on any atom is -0.465 e. The molecule has 0 saturated carbocycles. The highest BCUT2D eigenvalue weighted by molar-refractivity contribution is 9.10. The number of ether oxygens (including phenoxy) is 2. The van der Waals surface area contributed by atoms with E-state index in [1.54, 1.807) is 11.8 Å². The van der Waals surface area contributed by atoms with Crippen LogP contribution in [0, 0.1) is 6.92 Å². The van der Waals surface area contributed by atoms with Gasteiger partial charge < -0.3 is 18.8 Å². The number of benzene rings is 2. The molecule has 4 rings (SSSR count). The fourth-order valence-corrected chi connectivity index (χ4v) is 4.84. The standard InChI is InChI=1S/C27H29BrN2O5/c1-3-33-25(31)27(21-9-5-4-6-10-21)13-15-30(16-14-27)26(32)34-17-12-23-19(2)35-24(29-23)20-8-7-11-22(28)18-20/h4-11,18H,3,12-17H2,1-2H3. The van der Waals surface area contributed by atoms with Gasteiger partial charge in [0.1, 0.15) is 5.76 Å². The van der Waals surface area contributed by atoms with Gasteiger partial charge >= 0.3 is 12.1 Å². The first-order valence-corrected chi connectivity index (χ1v) is 12.6. The van der Waals surface area contributed by atoms with E-state index in [1.165, 1.54) is 0 Å². The first kappa shape index (κ1) is 25.0. The number of halogens is 1. The van der Waals surface area contributed by atoms with Gasteiger partial charge in [-0.05, 0) is 50.5 Å². The number of hydrogen-bond acceptors (Lipinski definition) is 6. The number of hydrogen-bond donors (Lipinski definition) is 0. The van der Waals surface area contributed by atoms with Crippen LogP contribution in [-0.2, 0) is 26.1 Å². The maximum Gasteiger partial charge on any atom is 0.409 e. The van der Waals surface area contributed by atoms with Crippen molar-refractivity contribution >= 4 is 28.0 Å². The van der Waals surface area contributed by atoms with Crippen LogP contribution >= 0.6 is 15.9 Å². The fraction of sp³-hybridized carbons (Fsp3) is 0.370. The molecule has 0 unspecified atom stereocenters. The molecule has 35 heavy (non-hydrogen) atoms. The molecule has 1 aliphatic heterocycles. The number of amides is 1. The van der Waals surface area contributed by atoms with E-state index in [4.69, 9.17) is 13.9 Å². The monoisotopic (exact) mass is 540 g/mol. The molecule has 184 valence electrons. The summed E-state index contributed by atoms with van der Waals surface area (Å²) < 4.78 is 17.7. The quantitative estimate of drug-likeness (QED) is 0.358. The maximum atomic E-state index is 12.9. The third kappa shape index (κ3) is 5.59. The van der Waals surface area contributed by atoms with Gasteiger partial charge in [0.15, 0.2) is 0 Å². The van der Waals surface area contributed by atoms with Crippen molar-refractivity contribution in [2.45, 2.75) is 38.5 Å². The van der Waals surface area contributed by atoms with Crippen LogP contribution in [0.2, 0.25) is 0 Å². The van der Waals surface area contributed by atoms with E-state index < -0.39 is 5.41 Å². The highest BCUT2D eigenvalue weighted by atomic mass is 79.9. The summed E-state index contributed by atoms with van der Waals surface area (Å²) in [7, 11) is 0. The molecule has 1 fully saturated rings. The van der Waals surface area contributed by atoms with E-state index in [0.29, 0.717) is 50.6 Å². The lowest BCUT2D eigenvalue weighted by Crippen LogP contribution is -2.49. The average molecular weight is 541 g/mol. The highest BCUT2D eigenvalue weighted by Gasteiger charge is 2.45. The summed E-state index contributed by atoms with van der Waals surface area (Å²) in [5.41, 5.74) is 1.82. The van der Waals surface area contributed by atoms with Crippen LogP contribution in [0.1, 0.15) is 36.8 Å². The van der Waals surface area contributed by atoms with Gasteiger partial charge in [0, 0.05) is 29.5 Å². The minimum atomic E-state index is -0.741. The molecule has 2 aromatic carbocycles. The van der Waals surface area contributed by atoms with Gasteiger partial charge in [-0.1, -0.05) is 52.3 Å². The number of aryl methyl sites for hydroxylation is 1. The number of nitrogens with zero attached hydrogens (tertiary/aromatic N) is 2. The molecular weight excluding hydrogens is 512 g/mol. The number of rotatable bonds is 7. The SMILES string of the molecule is CCOC(=O)C1(c2ccccc2)CCN(C(=O)OCCc2nc(-c3cccc(Br)c3)oc2C)CC1. The zero-order valence-electron chi connectivity index (χ0n) is 20.0. The van der Waals surface area contributed by atoms with Crippen molar-refractivity contribution < 1.29 is 23.5 Å². The number of aromatic nitrogens is 1. The molecule has 3 aromatic rings. The van der Waals surface area contributed by atoms with Gasteiger partial charge in [-0.15, -0.1) is 0 Å². The minimum absolute atomic E-state index is 0.197. The van der Waals surface area contributed by atoms with Crippen LogP contribution in [-0.4, -0.2) is 48.2 Å². The Morgan fingerprint density at radius 1 is 1.09 bits per heavy atom. The molecule has 0 atom stereocenters. The molecule has 1 amide bonds. The van der Waals surface area contributed by atoms with Crippen molar-refractivity contribution in [3.8, 4) is 11.5 Å². The van der Waals surface area contributed by atoms with Gasteiger partial charge in [0.05, 0.1) is 24.3 Å². The molecule has 0 radical (unpaired) electrons. The number of carbonyl (C=O) groups excluding carboxylic acids is 2. The summed E-state index contributed by atoms with van der Waals surface area (Å²) >= 11 is 3.46. The zero-order valence-corrected chi connectivity index (χ0v) is 21.5. The lowest BCUT2D eigenvalue weighted by molar-refractivity contribution is -0.152. The summed E-state index contributed by atoms with van der Waals surface area (Å²) in [5.74, 6) is 1.01. The predicted molar refractivity (Wildman–Crippen MR) is 135 cm³/mol. The summed E-state index contributed by atoms with van der Waals surface area (Å²) in [4.78, 5) is 31.9. The predicted octanol–water partition coefficient (Wildman–Crippen LogP) is 5.69. The third-order valence-corrected chi connectivity index (χ3v) is 6.89. The Morgan fingerprint density at radius 3 is 2.51 bits per heavy atom. The Morgan fingerprint density at radius 2 is 1.83 bits per heavy atom. The van der Waals surface area contributed by atoms with Crippen LogP contribution in [0.5, 0.6) is 0 Å². The molecule has 7 nitrogen and oxygen atoms in total. The second-order valence-corrected chi connectivity index (χ2v) is 9.47. The first-order chi connectivity index (χ1) is 16.9. The van der Waals surface area contributed by atoms with Crippen LogP contribution in [0.3, 0.4) is 0 Å². The number of carbonyl (C=O) groups is 2. The van der Waals surface area contributed by atoms with Crippen molar-refractivity contribution in [1.29, 1.82) is 0 Å². The van der Waals surface area contributed by atoms with E-state index in [9.17, 15) is 9.59 Å². The van der Waals surface area contributed by atoms with Crippen LogP contribution in [0.4, 0.5) is 4.79 Å². The fourth-order valence-electron chi connectivity index (χ4n) is 4.44. The third-order valence-electron chi connectivity index (χ3n) is 6.40. The highest BCUT2D eigenvalue weighted by Crippen LogP contribution is 2.37. The molecule has 1 aromatic heterocycles. The van der Waals surface area contributed by atoms with Gasteiger partial charge in [-0.3, -0.25) is 4.79 Å². The molecule has 1 aliphatic rings. The summed E-state index contributed by atoms with van der Waals surface area (Å²) in [6.45, 7) is 5.02. The number of oxazole rings is 1. The van der Waals surface area contributed by atoms with E-state index in [-0.39, 0.29) is 18.7 Å². The van der Waals surface area contributed by atoms with Crippen LogP contribution in [0.15, 0.2) is 63.5 Å². The Kier molecular flexibility index (Phi) is 7.90. The summed E-state index contributed by atoms with van der Waals surface area (Å²) in [5, 5.41) is 0. The molecule has 8 heteroatoms. The second-order valence-electron chi connectivity index (χ2n) is 8.55. The summed E-state index contributed by atoms with van der Waals surface area (Å²) in [6.07, 6.45) is 1.05. The van der Waals surface area contributed by atoms with Gasteiger partial charge in [-0.2, -0.15) is 0 Å². The molecular formula is C27H29BrN2O5. The normalized spacial score (nSPS) is 15.0. The Labute approximate surface area is 213 Å². The second kappa shape index (κ2) is 11.1. The Balaban J connectivity index is 1.34. The van der Waals surface area contributed by atoms with Crippen LogP contribution < -0.4 is 0 Å². The van der Waals surface area contributed by atoms with Crippen molar-refractivity contribution in [3.63, 3.8) is 0 Å². The van der Waals surface area contributed by atoms with E-state index in [0.717, 1.165) is 21.3 Å². The maximum absolute atomic E-state index is 12.9. The number of esters is 1. The first-order valence-electron chi connectivity index (χ1n) is 11.8. The van der Waals surface area contributed by atoms with Crippen molar-refractivity contribution in [2.24, 2.45) is 0 Å². The van der Waals surface area contributed by atoms with Crippen LogP contribution in [0.25, 0.3) is 11.5 Å². The smallest absolute Gasteiger partial charge is 0.409 e. The van der Waals surface area contributed by atoms with Gasteiger partial charge in [-0.25, -0.2) is 9.78 Å². The molecule has 0 bridgehead atoms. The molecule has 0 aliphatic carbocycles. The lowest BCUT2D eigenvalue weighted by Gasteiger charge is -2.39. The number of likely N-dealkylation sites (tertiary alicyclic amines) is 1. The number of piperidine rings is 1. The summed E-state index contributed by atoms with van der Waals surface area (Å²) in [6, 6.07) is 17.4. The van der Waals surface area contributed by atoms with E-state index in [2.05, 4.69) is 20.9 Å².